The van der Waals surface area contributed by atoms with Gasteiger partial charge in [-0.25, -0.2) is 0 Å². The average Bonchev–Trinajstić information content (AvgIpc) is 3.50. The lowest BCUT2D eigenvalue weighted by atomic mass is 10.1. The summed E-state index contributed by atoms with van der Waals surface area (Å²) in [5.74, 6) is 1.74. The number of ether oxygens (including phenoxy) is 3. The molecule has 0 saturated carbocycles. The Labute approximate surface area is 191 Å². The first kappa shape index (κ1) is 22.2. The van der Waals surface area contributed by atoms with Crippen LogP contribution < -0.4 is 9.47 Å². The molecule has 3 aromatic rings. The molecule has 1 aromatic heterocycles. The summed E-state index contributed by atoms with van der Waals surface area (Å²) in [5.41, 5.74) is 1.91. The number of amides is 1. The van der Waals surface area contributed by atoms with E-state index in [1.165, 1.54) is 0 Å². The first-order valence-electron chi connectivity index (χ1n) is 10.4. The number of nitrogens with zero attached hydrogens (tertiary/aromatic N) is 2. The Morgan fingerprint density at radius 3 is 2.66 bits per heavy atom. The number of halogens is 1. The lowest BCUT2D eigenvalue weighted by Crippen LogP contribution is -2.37. The molecule has 2 heterocycles. The van der Waals surface area contributed by atoms with Crippen LogP contribution in [0.4, 0.5) is 0 Å². The van der Waals surface area contributed by atoms with Crippen LogP contribution in [0.1, 0.15) is 28.9 Å². The topological polar surface area (TPSA) is 74.0 Å². The Bertz CT molecular complexity index is 1060. The van der Waals surface area contributed by atoms with Gasteiger partial charge in [-0.2, -0.15) is 0 Å². The minimum absolute atomic E-state index is 0.0103. The lowest BCUT2D eigenvalue weighted by Gasteiger charge is -2.24. The third-order valence-electron chi connectivity index (χ3n) is 5.41. The number of rotatable bonds is 8. The van der Waals surface area contributed by atoms with E-state index in [9.17, 15) is 4.79 Å². The predicted molar refractivity (Wildman–Crippen MR) is 120 cm³/mol. The number of carbonyl (C=O) groups is 1. The van der Waals surface area contributed by atoms with Gasteiger partial charge in [-0.15, -0.1) is 0 Å². The number of carbonyl (C=O) groups excluding carboxylic acids is 1. The Morgan fingerprint density at radius 1 is 1.16 bits per heavy atom. The van der Waals surface area contributed by atoms with E-state index in [0.717, 1.165) is 25.0 Å². The number of methoxy groups -OCH3 is 2. The van der Waals surface area contributed by atoms with Crippen LogP contribution in [0.25, 0.3) is 11.3 Å². The third kappa shape index (κ3) is 5.06. The Hall–Kier alpha value is -3.03. The Balaban J connectivity index is 1.58. The summed E-state index contributed by atoms with van der Waals surface area (Å²) >= 11 is 5.98. The Kier molecular flexibility index (Phi) is 6.97. The van der Waals surface area contributed by atoms with E-state index >= 15 is 0 Å². The van der Waals surface area contributed by atoms with Crippen LogP contribution in [-0.4, -0.2) is 49.4 Å². The molecule has 0 radical (unpaired) electrons. The van der Waals surface area contributed by atoms with Crippen molar-refractivity contribution in [2.24, 2.45) is 0 Å². The van der Waals surface area contributed by atoms with Gasteiger partial charge in [0.15, 0.2) is 5.76 Å². The van der Waals surface area contributed by atoms with E-state index in [1.54, 1.807) is 43.4 Å². The lowest BCUT2D eigenvalue weighted by molar-refractivity contribution is 0.0502. The third-order valence-corrected chi connectivity index (χ3v) is 5.66. The van der Waals surface area contributed by atoms with Crippen LogP contribution in [-0.2, 0) is 11.3 Å². The summed E-state index contributed by atoms with van der Waals surface area (Å²) in [4.78, 5) is 15.0. The number of hydrogen-bond donors (Lipinski definition) is 0. The summed E-state index contributed by atoms with van der Waals surface area (Å²) in [6.45, 7) is 1.49. The van der Waals surface area contributed by atoms with Crippen LogP contribution in [0.2, 0.25) is 5.02 Å². The van der Waals surface area contributed by atoms with Crippen molar-refractivity contribution in [2.45, 2.75) is 25.5 Å². The van der Waals surface area contributed by atoms with Crippen molar-refractivity contribution >= 4 is 17.5 Å². The molecular weight excluding hydrogens is 432 g/mol. The van der Waals surface area contributed by atoms with E-state index in [4.69, 9.17) is 30.3 Å². The van der Waals surface area contributed by atoms with E-state index in [0.29, 0.717) is 40.1 Å². The van der Waals surface area contributed by atoms with Crippen LogP contribution in [0.3, 0.4) is 0 Å². The fraction of sp³-hybridized carbons (Fsp3) is 0.333. The minimum atomic E-state index is -0.110. The zero-order chi connectivity index (χ0) is 22.5. The van der Waals surface area contributed by atoms with Gasteiger partial charge < -0.3 is 23.6 Å². The van der Waals surface area contributed by atoms with Gasteiger partial charge in [0.05, 0.1) is 32.4 Å². The largest absolute Gasteiger partial charge is 0.497 e. The van der Waals surface area contributed by atoms with Crippen molar-refractivity contribution in [3.8, 4) is 22.8 Å². The highest BCUT2D eigenvalue weighted by Crippen LogP contribution is 2.34. The van der Waals surface area contributed by atoms with Crippen LogP contribution >= 0.6 is 11.6 Å². The monoisotopic (exact) mass is 456 g/mol. The molecule has 168 valence electrons. The highest BCUT2D eigenvalue weighted by Gasteiger charge is 2.25. The number of benzene rings is 2. The second-order valence-corrected chi connectivity index (χ2v) is 8.01. The molecule has 1 atom stereocenters. The maximum absolute atomic E-state index is 13.2. The molecule has 0 aliphatic carbocycles. The molecule has 0 bridgehead atoms. The highest BCUT2D eigenvalue weighted by molar-refractivity contribution is 6.30. The van der Waals surface area contributed by atoms with E-state index in [1.807, 2.05) is 24.3 Å². The summed E-state index contributed by atoms with van der Waals surface area (Å²) in [6.07, 6.45) is 1.93. The second-order valence-electron chi connectivity index (χ2n) is 7.58. The summed E-state index contributed by atoms with van der Waals surface area (Å²) in [7, 11) is 3.19. The highest BCUT2D eigenvalue weighted by atomic mass is 35.5. The maximum Gasteiger partial charge on any atom is 0.254 e. The molecule has 0 N–H and O–H groups in total. The van der Waals surface area contributed by atoms with Crippen LogP contribution in [0.15, 0.2) is 53.1 Å². The molecule has 1 fully saturated rings. The second kappa shape index (κ2) is 10.1. The summed E-state index contributed by atoms with van der Waals surface area (Å²) in [6, 6.07) is 14.1. The van der Waals surface area contributed by atoms with Crippen molar-refractivity contribution in [3.63, 3.8) is 0 Å². The number of hydrogen-bond acceptors (Lipinski definition) is 6. The van der Waals surface area contributed by atoms with Crippen molar-refractivity contribution in [1.29, 1.82) is 0 Å². The quantitative estimate of drug-likeness (QED) is 0.483. The molecule has 7 nitrogen and oxygen atoms in total. The van der Waals surface area contributed by atoms with Crippen molar-refractivity contribution in [1.82, 2.24) is 10.1 Å². The molecule has 1 aliphatic rings. The van der Waals surface area contributed by atoms with Gasteiger partial charge in [0, 0.05) is 29.8 Å². The zero-order valence-corrected chi connectivity index (χ0v) is 18.8. The fourth-order valence-electron chi connectivity index (χ4n) is 3.74. The smallest absolute Gasteiger partial charge is 0.254 e. The van der Waals surface area contributed by atoms with Gasteiger partial charge in [0.1, 0.15) is 17.2 Å². The number of aromatic nitrogens is 1. The molecular formula is C24H25ClN2O5. The van der Waals surface area contributed by atoms with Gasteiger partial charge in [-0.3, -0.25) is 4.79 Å². The van der Waals surface area contributed by atoms with Crippen molar-refractivity contribution in [2.75, 3.05) is 27.4 Å². The van der Waals surface area contributed by atoms with Crippen LogP contribution in [0.5, 0.6) is 11.5 Å². The van der Waals surface area contributed by atoms with Gasteiger partial charge in [-0.1, -0.05) is 16.8 Å². The molecule has 2 aromatic carbocycles. The van der Waals surface area contributed by atoms with E-state index in [2.05, 4.69) is 5.16 Å². The van der Waals surface area contributed by atoms with Crippen molar-refractivity contribution in [3.05, 3.63) is 64.8 Å². The molecule has 1 saturated heterocycles. The molecule has 1 aliphatic heterocycles. The van der Waals surface area contributed by atoms with E-state index in [-0.39, 0.29) is 18.6 Å². The molecule has 32 heavy (non-hydrogen) atoms. The van der Waals surface area contributed by atoms with Gasteiger partial charge in [-0.05, 0) is 55.3 Å². The molecule has 0 spiro atoms. The minimum Gasteiger partial charge on any atom is -0.497 e. The molecule has 1 amide bonds. The first-order chi connectivity index (χ1) is 15.6. The van der Waals surface area contributed by atoms with Crippen LogP contribution in [0, 0.1) is 0 Å². The SMILES string of the molecule is COc1ccc(OC)c(-c2cc(CN(C[C@@H]3CCCO3)C(=O)c3ccc(Cl)cc3)no2)c1. The molecule has 0 unspecified atom stereocenters. The van der Waals surface area contributed by atoms with E-state index < -0.39 is 0 Å². The fourth-order valence-corrected chi connectivity index (χ4v) is 3.87. The maximum atomic E-state index is 13.2. The van der Waals surface area contributed by atoms with Crippen molar-refractivity contribution < 1.29 is 23.5 Å². The zero-order valence-electron chi connectivity index (χ0n) is 18.0. The molecule has 4 rings (SSSR count). The standard InChI is InChI=1S/C24H25ClN2O5/c1-29-19-9-10-22(30-2)21(13-19)23-12-18(26-32-23)14-27(15-20-4-3-11-31-20)24(28)16-5-7-17(25)8-6-16/h5-10,12-13,20H,3-4,11,14-15H2,1-2H3/t20-/m0/s1. The Morgan fingerprint density at radius 2 is 1.97 bits per heavy atom. The summed E-state index contributed by atoms with van der Waals surface area (Å²) < 4.78 is 22.1. The summed E-state index contributed by atoms with van der Waals surface area (Å²) in [5, 5.41) is 4.78. The predicted octanol–water partition coefficient (Wildman–Crippen LogP) is 4.83. The van der Waals surface area contributed by atoms with Gasteiger partial charge in [0.2, 0.25) is 0 Å². The van der Waals surface area contributed by atoms with Gasteiger partial charge in [0.25, 0.3) is 5.91 Å². The first-order valence-corrected chi connectivity index (χ1v) is 10.8. The molecule has 8 heteroatoms. The average molecular weight is 457 g/mol. The normalized spacial score (nSPS) is 15.5. The van der Waals surface area contributed by atoms with Gasteiger partial charge >= 0.3 is 0 Å².